The topological polar surface area (TPSA) is 57.8 Å². The van der Waals surface area contributed by atoms with E-state index in [1.807, 2.05) is 77.5 Å². The van der Waals surface area contributed by atoms with Crippen LogP contribution in [0.5, 0.6) is 0 Å². The molecule has 6 nitrogen and oxygen atoms in total. The smallest absolute Gasteiger partial charge is 0.179 e. The number of hydrogen-bond donors (Lipinski definition) is 1. The van der Waals surface area contributed by atoms with Crippen LogP contribution < -0.4 is 10.2 Å². The Morgan fingerprint density at radius 2 is 1.56 bits per heavy atom. The average molecular weight is 529 g/mol. The molecule has 7 heteroatoms. The van der Waals surface area contributed by atoms with Crippen molar-refractivity contribution in [3.05, 3.63) is 131 Å². The van der Waals surface area contributed by atoms with Gasteiger partial charge in [-0.1, -0.05) is 66.2 Å². The van der Waals surface area contributed by atoms with Crippen molar-refractivity contribution in [3.8, 4) is 5.69 Å². The van der Waals surface area contributed by atoms with E-state index in [0.717, 1.165) is 51.2 Å². The molecule has 1 N–H and O–H groups in total. The Morgan fingerprint density at radius 3 is 2.36 bits per heavy atom. The van der Waals surface area contributed by atoms with E-state index in [9.17, 15) is 0 Å². The van der Waals surface area contributed by atoms with Gasteiger partial charge in [0.15, 0.2) is 17.5 Å². The van der Waals surface area contributed by atoms with Crippen molar-refractivity contribution >= 4 is 46.2 Å². The molecule has 7 rings (SSSR count). The number of nitrogens with one attached hydrogen (secondary N) is 1. The number of aryl methyl sites for hydroxylation is 2. The monoisotopic (exact) mass is 528 g/mol. The van der Waals surface area contributed by atoms with Crippen LogP contribution in [-0.4, -0.2) is 21.5 Å². The van der Waals surface area contributed by atoms with Crippen LogP contribution >= 0.6 is 11.6 Å². The second-order valence-corrected chi connectivity index (χ2v) is 10.2. The van der Waals surface area contributed by atoms with Crippen molar-refractivity contribution in [3.63, 3.8) is 0 Å². The molecule has 1 atom stereocenters. The number of hydrogen-bond acceptors (Lipinski definition) is 5. The molecular formula is C32H25ClN6. The number of rotatable bonds is 3. The van der Waals surface area contributed by atoms with Crippen molar-refractivity contribution in [2.75, 3.05) is 10.2 Å². The molecule has 4 aromatic carbocycles. The molecule has 0 radical (unpaired) electrons. The van der Waals surface area contributed by atoms with Gasteiger partial charge in [-0.25, -0.2) is 14.7 Å². The SMILES string of the molecule is Cc1cccc(NC2=Nc3ccccc3N3C2=Nc2c(c(C)nn2-c2ccccc2)[C@H]3c2ccc(Cl)cc2)c1. The molecular weight excluding hydrogens is 504 g/mol. The second-order valence-electron chi connectivity index (χ2n) is 9.77. The molecule has 0 saturated carbocycles. The largest absolute Gasteiger partial charge is 0.337 e. The third-order valence-electron chi connectivity index (χ3n) is 7.11. The summed E-state index contributed by atoms with van der Waals surface area (Å²) in [5.74, 6) is 2.21. The molecule has 190 valence electrons. The van der Waals surface area contributed by atoms with Gasteiger partial charge in [0.25, 0.3) is 0 Å². The summed E-state index contributed by atoms with van der Waals surface area (Å²) in [5, 5.41) is 9.25. The third kappa shape index (κ3) is 4.01. The van der Waals surface area contributed by atoms with Gasteiger partial charge in [-0.05, 0) is 73.5 Å². The zero-order valence-electron chi connectivity index (χ0n) is 21.5. The van der Waals surface area contributed by atoms with Gasteiger partial charge in [0.2, 0.25) is 0 Å². The highest BCUT2D eigenvalue weighted by Gasteiger charge is 2.41. The Hall–Kier alpha value is -4.68. The molecule has 3 heterocycles. The van der Waals surface area contributed by atoms with E-state index in [4.69, 9.17) is 26.7 Å². The molecule has 0 spiro atoms. The Labute approximate surface area is 231 Å². The minimum Gasteiger partial charge on any atom is -0.337 e. The fraction of sp³-hybridized carbons (Fsp3) is 0.0938. The Bertz CT molecular complexity index is 1770. The van der Waals surface area contributed by atoms with E-state index in [-0.39, 0.29) is 6.04 Å². The minimum atomic E-state index is -0.187. The van der Waals surface area contributed by atoms with Crippen LogP contribution in [0.2, 0.25) is 5.02 Å². The number of benzene rings is 4. The van der Waals surface area contributed by atoms with Crippen molar-refractivity contribution in [1.82, 2.24) is 9.78 Å². The van der Waals surface area contributed by atoms with E-state index in [1.165, 1.54) is 5.56 Å². The molecule has 39 heavy (non-hydrogen) atoms. The highest BCUT2D eigenvalue weighted by molar-refractivity contribution is 6.51. The van der Waals surface area contributed by atoms with Gasteiger partial charge in [0, 0.05) is 16.3 Å². The molecule has 0 saturated heterocycles. The van der Waals surface area contributed by atoms with E-state index in [0.29, 0.717) is 10.9 Å². The van der Waals surface area contributed by atoms with E-state index in [2.05, 4.69) is 54.4 Å². The quantitative estimate of drug-likeness (QED) is 0.258. The molecule has 0 fully saturated rings. The van der Waals surface area contributed by atoms with E-state index in [1.54, 1.807) is 0 Å². The first-order chi connectivity index (χ1) is 19.1. The number of para-hydroxylation sites is 3. The first-order valence-corrected chi connectivity index (χ1v) is 13.2. The number of nitrogens with zero attached hydrogens (tertiary/aromatic N) is 5. The number of amidine groups is 2. The summed E-state index contributed by atoms with van der Waals surface area (Å²) in [5.41, 5.74) is 8.01. The summed E-state index contributed by atoms with van der Waals surface area (Å²) >= 11 is 6.33. The Balaban J connectivity index is 1.50. The van der Waals surface area contributed by atoms with Crippen LogP contribution in [0.1, 0.15) is 28.4 Å². The van der Waals surface area contributed by atoms with Crippen LogP contribution in [0.3, 0.4) is 0 Å². The highest BCUT2D eigenvalue weighted by Crippen LogP contribution is 2.48. The van der Waals surface area contributed by atoms with Crippen molar-refractivity contribution in [2.45, 2.75) is 19.9 Å². The van der Waals surface area contributed by atoms with Crippen molar-refractivity contribution in [1.29, 1.82) is 0 Å². The van der Waals surface area contributed by atoms with Gasteiger partial charge in [0.1, 0.15) is 0 Å². The molecule has 0 aliphatic carbocycles. The predicted octanol–water partition coefficient (Wildman–Crippen LogP) is 7.94. The average Bonchev–Trinajstić information content (AvgIpc) is 3.29. The van der Waals surface area contributed by atoms with Crippen LogP contribution in [0, 0.1) is 13.8 Å². The Kier molecular flexibility index (Phi) is 5.56. The van der Waals surface area contributed by atoms with Gasteiger partial charge in [-0.2, -0.15) is 5.10 Å². The summed E-state index contributed by atoms with van der Waals surface area (Å²) in [6.07, 6.45) is 0. The lowest BCUT2D eigenvalue weighted by Crippen LogP contribution is -2.46. The summed E-state index contributed by atoms with van der Waals surface area (Å²) in [7, 11) is 0. The fourth-order valence-electron chi connectivity index (χ4n) is 5.37. The summed E-state index contributed by atoms with van der Waals surface area (Å²) < 4.78 is 1.93. The lowest BCUT2D eigenvalue weighted by atomic mass is 9.93. The normalized spacial score (nSPS) is 15.6. The maximum atomic E-state index is 6.33. The van der Waals surface area contributed by atoms with Crippen LogP contribution in [0.15, 0.2) is 113 Å². The van der Waals surface area contributed by atoms with Gasteiger partial charge >= 0.3 is 0 Å². The fourth-order valence-corrected chi connectivity index (χ4v) is 5.49. The third-order valence-corrected chi connectivity index (χ3v) is 7.36. The zero-order chi connectivity index (χ0) is 26.5. The molecule has 5 aromatic rings. The lowest BCUT2D eigenvalue weighted by molar-refractivity contribution is 0.815. The summed E-state index contributed by atoms with van der Waals surface area (Å²) in [6.45, 7) is 4.13. The molecule has 0 unspecified atom stereocenters. The number of halogens is 1. The maximum Gasteiger partial charge on any atom is 0.179 e. The van der Waals surface area contributed by atoms with E-state index >= 15 is 0 Å². The van der Waals surface area contributed by atoms with E-state index < -0.39 is 0 Å². The number of aliphatic imine (C=N–C) groups is 2. The van der Waals surface area contributed by atoms with Gasteiger partial charge in [-0.15, -0.1) is 0 Å². The summed E-state index contributed by atoms with van der Waals surface area (Å²) in [6, 6.07) is 34.5. The predicted molar refractivity (Wildman–Crippen MR) is 160 cm³/mol. The van der Waals surface area contributed by atoms with Crippen LogP contribution in [-0.2, 0) is 0 Å². The molecule has 0 amide bonds. The number of fused-ring (bicyclic) bond motifs is 4. The lowest BCUT2D eigenvalue weighted by Gasteiger charge is -2.40. The second kappa shape index (κ2) is 9.26. The van der Waals surface area contributed by atoms with Gasteiger partial charge in [0.05, 0.1) is 28.8 Å². The highest BCUT2D eigenvalue weighted by atomic mass is 35.5. The first kappa shape index (κ1) is 23.4. The van der Waals surface area contributed by atoms with Crippen LogP contribution in [0.4, 0.5) is 22.9 Å². The molecule has 1 aromatic heterocycles. The molecule has 0 bridgehead atoms. The number of aromatic nitrogens is 2. The Morgan fingerprint density at radius 1 is 0.795 bits per heavy atom. The molecule has 2 aliphatic heterocycles. The summed E-state index contributed by atoms with van der Waals surface area (Å²) in [4.78, 5) is 12.6. The standard InChI is InChI=1S/C32H25ClN6/c1-20-9-8-10-24(19-20)34-30-32-36-31-28(21(2)37-39(31)25-11-4-3-5-12-25)29(22-15-17-23(33)18-16-22)38(32)27-14-7-6-13-26(27)35-30/h3-19,29H,1-2H3,(H,34,35)/t29-/m1/s1. The zero-order valence-corrected chi connectivity index (χ0v) is 22.3. The first-order valence-electron chi connectivity index (χ1n) is 12.9. The maximum absolute atomic E-state index is 6.33. The van der Waals surface area contributed by atoms with Gasteiger partial charge < -0.3 is 10.2 Å². The minimum absolute atomic E-state index is 0.187. The van der Waals surface area contributed by atoms with Crippen LogP contribution in [0.25, 0.3) is 5.69 Å². The number of anilines is 2. The van der Waals surface area contributed by atoms with Crippen molar-refractivity contribution in [2.24, 2.45) is 9.98 Å². The van der Waals surface area contributed by atoms with Gasteiger partial charge in [-0.3, -0.25) is 0 Å². The molecule has 2 aliphatic rings. The van der Waals surface area contributed by atoms with Crippen molar-refractivity contribution < 1.29 is 0 Å².